The fourth-order valence-electron chi connectivity index (χ4n) is 2.46. The molecule has 0 spiro atoms. The first-order valence-corrected chi connectivity index (χ1v) is 8.99. The molecule has 1 amide bonds. The van der Waals surface area contributed by atoms with Crippen LogP contribution in [0.25, 0.3) is 5.69 Å². The number of para-hydroxylation sites is 1. The van der Waals surface area contributed by atoms with Gasteiger partial charge in [0.15, 0.2) is 0 Å². The molecule has 0 N–H and O–H groups in total. The molecule has 134 valence electrons. The van der Waals surface area contributed by atoms with Crippen LogP contribution in [0.15, 0.2) is 53.7 Å². The van der Waals surface area contributed by atoms with E-state index in [2.05, 4.69) is 15.5 Å². The maximum absolute atomic E-state index is 13.3. The number of aryl methyl sites for hydroxylation is 1. The molecule has 0 saturated heterocycles. The van der Waals surface area contributed by atoms with E-state index in [0.29, 0.717) is 11.7 Å². The first kappa shape index (κ1) is 18.1. The third-order valence-corrected chi connectivity index (χ3v) is 4.75. The number of rotatable bonds is 6. The van der Waals surface area contributed by atoms with Crippen molar-refractivity contribution in [2.45, 2.75) is 18.6 Å². The molecule has 26 heavy (non-hydrogen) atoms. The van der Waals surface area contributed by atoms with Crippen LogP contribution in [0.4, 0.5) is 4.39 Å². The van der Waals surface area contributed by atoms with Gasteiger partial charge < -0.3 is 4.90 Å². The van der Waals surface area contributed by atoms with Crippen LogP contribution in [0.2, 0.25) is 0 Å². The Bertz CT molecular complexity index is 914. The van der Waals surface area contributed by atoms with Gasteiger partial charge >= 0.3 is 0 Å². The maximum atomic E-state index is 13.3. The first-order chi connectivity index (χ1) is 12.5. The quantitative estimate of drug-likeness (QED) is 0.624. The molecule has 0 fully saturated rings. The standard InChI is InChI=1S/C18H18FN5OS/c1-13-6-3-4-9-16(13)24-18(20-21-22-24)26-12-17(25)23(2)11-14-7-5-8-15(19)10-14/h3-10H,11-12H2,1-2H3. The molecule has 0 saturated carbocycles. The highest BCUT2D eigenvalue weighted by atomic mass is 32.2. The van der Waals surface area contributed by atoms with Crippen molar-refractivity contribution in [3.63, 3.8) is 0 Å². The summed E-state index contributed by atoms with van der Waals surface area (Å²) in [6.07, 6.45) is 0. The minimum Gasteiger partial charge on any atom is -0.341 e. The van der Waals surface area contributed by atoms with Gasteiger partial charge in [-0.05, 0) is 46.7 Å². The number of thioether (sulfide) groups is 1. The summed E-state index contributed by atoms with van der Waals surface area (Å²) in [6, 6.07) is 14.0. The number of aromatic nitrogens is 4. The topological polar surface area (TPSA) is 63.9 Å². The van der Waals surface area contributed by atoms with E-state index in [9.17, 15) is 9.18 Å². The van der Waals surface area contributed by atoms with E-state index in [1.807, 2.05) is 31.2 Å². The molecule has 0 aliphatic carbocycles. The Kier molecular flexibility index (Phi) is 5.62. The van der Waals surface area contributed by atoms with Gasteiger partial charge in [0.2, 0.25) is 11.1 Å². The van der Waals surface area contributed by atoms with Crippen molar-refractivity contribution in [2.75, 3.05) is 12.8 Å². The fraction of sp³-hybridized carbons (Fsp3) is 0.222. The van der Waals surface area contributed by atoms with Gasteiger partial charge in [0.1, 0.15) is 5.82 Å². The number of benzene rings is 2. The van der Waals surface area contributed by atoms with Gasteiger partial charge in [-0.2, -0.15) is 4.68 Å². The third kappa shape index (κ3) is 4.26. The van der Waals surface area contributed by atoms with Gasteiger partial charge in [-0.3, -0.25) is 4.79 Å². The lowest BCUT2D eigenvalue weighted by Gasteiger charge is -2.17. The average molecular weight is 371 g/mol. The van der Waals surface area contributed by atoms with Crippen LogP contribution in [-0.2, 0) is 11.3 Å². The molecule has 0 unspecified atom stereocenters. The molecule has 0 aliphatic heterocycles. The lowest BCUT2D eigenvalue weighted by Crippen LogP contribution is -2.28. The van der Waals surface area contributed by atoms with E-state index in [4.69, 9.17) is 0 Å². The van der Waals surface area contributed by atoms with Crippen molar-refractivity contribution in [1.82, 2.24) is 25.1 Å². The number of amides is 1. The van der Waals surface area contributed by atoms with Gasteiger partial charge in [0.05, 0.1) is 11.4 Å². The number of carbonyl (C=O) groups excluding carboxylic acids is 1. The molecule has 6 nitrogen and oxygen atoms in total. The number of nitrogens with zero attached hydrogens (tertiary/aromatic N) is 5. The second kappa shape index (κ2) is 8.09. The molecular formula is C18H18FN5OS. The van der Waals surface area contributed by atoms with Crippen molar-refractivity contribution in [3.8, 4) is 5.69 Å². The van der Waals surface area contributed by atoms with Gasteiger partial charge in [-0.15, -0.1) is 5.10 Å². The molecule has 1 aromatic heterocycles. The maximum Gasteiger partial charge on any atom is 0.233 e. The van der Waals surface area contributed by atoms with Crippen LogP contribution in [-0.4, -0.2) is 43.8 Å². The predicted molar refractivity (Wildman–Crippen MR) is 97.5 cm³/mol. The zero-order chi connectivity index (χ0) is 18.5. The summed E-state index contributed by atoms with van der Waals surface area (Å²) in [5, 5.41) is 12.3. The van der Waals surface area contributed by atoms with Crippen molar-refractivity contribution >= 4 is 17.7 Å². The molecular weight excluding hydrogens is 353 g/mol. The van der Waals surface area contributed by atoms with Crippen LogP contribution in [0, 0.1) is 12.7 Å². The van der Waals surface area contributed by atoms with Crippen molar-refractivity contribution in [1.29, 1.82) is 0 Å². The van der Waals surface area contributed by atoms with Crippen molar-refractivity contribution < 1.29 is 9.18 Å². The van der Waals surface area contributed by atoms with Crippen molar-refractivity contribution in [2.24, 2.45) is 0 Å². The lowest BCUT2D eigenvalue weighted by molar-refractivity contribution is -0.127. The summed E-state index contributed by atoms with van der Waals surface area (Å²) in [6.45, 7) is 2.32. The Labute approximate surface area is 155 Å². The van der Waals surface area contributed by atoms with Gasteiger partial charge in [-0.25, -0.2) is 4.39 Å². The van der Waals surface area contributed by atoms with Crippen LogP contribution >= 0.6 is 11.8 Å². The van der Waals surface area contributed by atoms with Crippen molar-refractivity contribution in [3.05, 3.63) is 65.5 Å². The molecule has 2 aromatic carbocycles. The molecule has 0 bridgehead atoms. The molecule has 3 rings (SSSR count). The van der Waals surface area contributed by atoms with E-state index in [0.717, 1.165) is 16.8 Å². The summed E-state index contributed by atoms with van der Waals surface area (Å²) in [5.41, 5.74) is 2.66. The Morgan fingerprint density at radius 3 is 2.81 bits per heavy atom. The van der Waals surface area contributed by atoms with E-state index < -0.39 is 0 Å². The number of tetrazole rings is 1. The molecule has 0 atom stereocenters. The largest absolute Gasteiger partial charge is 0.341 e. The highest BCUT2D eigenvalue weighted by Gasteiger charge is 2.15. The minimum absolute atomic E-state index is 0.0846. The van der Waals surface area contributed by atoms with E-state index in [-0.39, 0.29) is 17.5 Å². The summed E-state index contributed by atoms with van der Waals surface area (Å²) < 4.78 is 14.9. The highest BCUT2D eigenvalue weighted by Crippen LogP contribution is 2.20. The smallest absolute Gasteiger partial charge is 0.233 e. The minimum atomic E-state index is -0.310. The number of halogens is 1. The number of hydrogen-bond donors (Lipinski definition) is 0. The van der Waals surface area contributed by atoms with Gasteiger partial charge in [-0.1, -0.05) is 42.1 Å². The molecule has 3 aromatic rings. The van der Waals surface area contributed by atoms with Crippen LogP contribution in [0.3, 0.4) is 0 Å². The summed E-state index contributed by atoms with van der Waals surface area (Å²) in [7, 11) is 1.69. The second-order valence-electron chi connectivity index (χ2n) is 5.83. The zero-order valence-corrected chi connectivity index (χ0v) is 15.3. The summed E-state index contributed by atoms with van der Waals surface area (Å²) in [4.78, 5) is 13.9. The molecule has 1 heterocycles. The molecule has 8 heteroatoms. The average Bonchev–Trinajstić information content (AvgIpc) is 3.08. The third-order valence-electron chi connectivity index (χ3n) is 3.84. The Balaban J connectivity index is 1.63. The molecule has 0 aliphatic rings. The van der Waals surface area contributed by atoms with E-state index in [1.54, 1.807) is 28.8 Å². The van der Waals surface area contributed by atoms with Crippen LogP contribution in [0.1, 0.15) is 11.1 Å². The second-order valence-corrected chi connectivity index (χ2v) is 6.77. The van der Waals surface area contributed by atoms with E-state index in [1.165, 1.54) is 23.9 Å². The number of carbonyl (C=O) groups is 1. The zero-order valence-electron chi connectivity index (χ0n) is 14.5. The SMILES string of the molecule is Cc1ccccc1-n1nnnc1SCC(=O)N(C)Cc1cccc(F)c1. The van der Waals surface area contributed by atoms with Crippen LogP contribution < -0.4 is 0 Å². The first-order valence-electron chi connectivity index (χ1n) is 8.00. The van der Waals surface area contributed by atoms with E-state index >= 15 is 0 Å². The Morgan fingerprint density at radius 1 is 1.23 bits per heavy atom. The number of hydrogen-bond acceptors (Lipinski definition) is 5. The Hall–Kier alpha value is -2.74. The van der Waals surface area contributed by atoms with Gasteiger partial charge in [0, 0.05) is 13.6 Å². The summed E-state index contributed by atoms with van der Waals surface area (Å²) >= 11 is 1.27. The normalized spacial score (nSPS) is 10.7. The predicted octanol–water partition coefficient (Wildman–Crippen LogP) is 2.86. The molecule has 0 radical (unpaired) electrons. The lowest BCUT2D eigenvalue weighted by atomic mass is 10.2. The monoisotopic (exact) mass is 371 g/mol. The van der Waals surface area contributed by atoms with Gasteiger partial charge in [0.25, 0.3) is 0 Å². The Morgan fingerprint density at radius 2 is 2.04 bits per heavy atom. The highest BCUT2D eigenvalue weighted by molar-refractivity contribution is 7.99. The fourth-order valence-corrected chi connectivity index (χ4v) is 3.28. The summed E-state index contributed by atoms with van der Waals surface area (Å²) in [5.74, 6) is -0.202. The van der Waals surface area contributed by atoms with Crippen LogP contribution in [0.5, 0.6) is 0 Å².